The fourth-order valence-electron chi connectivity index (χ4n) is 3.67. The number of aryl methyl sites for hydroxylation is 2. The minimum Gasteiger partial charge on any atom is -0.360 e. The molecule has 0 fully saturated rings. The molecule has 0 aliphatic rings. The number of carbonyl (C=O) groups excluding carboxylic acids is 1. The number of hydrogen-bond acceptors (Lipinski definition) is 5. The third-order valence-electron chi connectivity index (χ3n) is 5.36. The van der Waals surface area contributed by atoms with Crippen molar-refractivity contribution in [1.29, 1.82) is 0 Å². The highest BCUT2D eigenvalue weighted by atomic mass is 32.2. The van der Waals surface area contributed by atoms with Crippen LogP contribution in [0.15, 0.2) is 72.1 Å². The zero-order valence-corrected chi connectivity index (χ0v) is 18.2. The fraction of sp³-hybridized carbons (Fsp3) is 0.125. The lowest BCUT2D eigenvalue weighted by molar-refractivity contribution is 0.0991. The van der Waals surface area contributed by atoms with E-state index < -0.39 is 5.25 Å². The number of H-pyrrole nitrogens is 1. The van der Waals surface area contributed by atoms with Crippen LogP contribution in [0, 0.1) is 13.8 Å². The van der Waals surface area contributed by atoms with Crippen LogP contribution in [0.5, 0.6) is 0 Å². The normalized spacial score (nSPS) is 12.5. The summed E-state index contributed by atoms with van der Waals surface area (Å²) in [4.78, 5) is 28.2. The molecule has 2 aromatic carbocycles. The predicted octanol–water partition coefficient (Wildman–Crippen LogP) is 6.51. The number of rotatable bonds is 5. The van der Waals surface area contributed by atoms with Crippen molar-refractivity contribution in [2.75, 3.05) is 0 Å². The second-order valence-corrected chi connectivity index (χ2v) is 9.46. The summed E-state index contributed by atoms with van der Waals surface area (Å²) in [5, 5.41) is 2.45. The molecular weight excluding hydrogens is 410 g/mol. The van der Waals surface area contributed by atoms with Gasteiger partial charge in [0.1, 0.15) is 16.2 Å². The van der Waals surface area contributed by atoms with Crippen LogP contribution in [0.25, 0.3) is 21.1 Å². The Labute approximate surface area is 182 Å². The highest BCUT2D eigenvalue weighted by Crippen LogP contribution is 2.42. The van der Waals surface area contributed by atoms with Gasteiger partial charge in [-0.05, 0) is 31.0 Å². The first kappa shape index (κ1) is 19.0. The molecule has 6 heteroatoms. The number of thioether (sulfide) groups is 1. The Morgan fingerprint density at radius 2 is 1.80 bits per heavy atom. The average molecular weight is 430 g/mol. The highest BCUT2D eigenvalue weighted by molar-refractivity contribution is 8.00. The number of fused-ring (bicyclic) bond motifs is 2. The van der Waals surface area contributed by atoms with Crippen molar-refractivity contribution >= 4 is 50.0 Å². The summed E-state index contributed by atoms with van der Waals surface area (Å²) >= 11 is 3.18. The SMILES string of the molecule is Cc1sc2ncnc(SC(C(=O)c3c[nH]c4ccccc34)c3ccccc3)c2c1C. The van der Waals surface area contributed by atoms with Gasteiger partial charge in [-0.25, -0.2) is 9.97 Å². The largest absolute Gasteiger partial charge is 0.360 e. The first-order valence-electron chi connectivity index (χ1n) is 9.66. The molecule has 3 aromatic heterocycles. The van der Waals surface area contributed by atoms with Crippen molar-refractivity contribution in [2.45, 2.75) is 24.1 Å². The fourth-order valence-corrected chi connectivity index (χ4v) is 5.96. The molecule has 5 aromatic rings. The van der Waals surface area contributed by atoms with Crippen LogP contribution in [0.3, 0.4) is 0 Å². The predicted molar refractivity (Wildman–Crippen MR) is 125 cm³/mol. The lowest BCUT2D eigenvalue weighted by atomic mass is 10.0. The molecule has 0 bridgehead atoms. The molecule has 0 aliphatic carbocycles. The summed E-state index contributed by atoms with van der Waals surface area (Å²) in [6, 6.07) is 17.8. The smallest absolute Gasteiger partial charge is 0.182 e. The summed E-state index contributed by atoms with van der Waals surface area (Å²) in [5.41, 5.74) is 3.82. The third-order valence-corrected chi connectivity index (χ3v) is 7.73. The van der Waals surface area contributed by atoms with Crippen LogP contribution in [-0.4, -0.2) is 20.7 Å². The molecule has 4 nitrogen and oxygen atoms in total. The first-order chi connectivity index (χ1) is 14.6. The Morgan fingerprint density at radius 3 is 2.63 bits per heavy atom. The molecule has 5 rings (SSSR count). The number of benzene rings is 2. The number of thiophene rings is 1. The molecule has 3 heterocycles. The topological polar surface area (TPSA) is 58.6 Å². The number of aromatic nitrogens is 3. The number of nitrogens with zero attached hydrogens (tertiary/aromatic N) is 2. The molecule has 0 saturated carbocycles. The summed E-state index contributed by atoms with van der Waals surface area (Å²) in [7, 11) is 0. The van der Waals surface area contributed by atoms with Crippen LogP contribution in [-0.2, 0) is 0 Å². The van der Waals surface area contributed by atoms with Crippen LogP contribution < -0.4 is 0 Å². The van der Waals surface area contributed by atoms with E-state index in [4.69, 9.17) is 0 Å². The molecule has 0 saturated heterocycles. The first-order valence-corrected chi connectivity index (χ1v) is 11.4. The van der Waals surface area contributed by atoms with Crippen LogP contribution in [0.4, 0.5) is 0 Å². The highest BCUT2D eigenvalue weighted by Gasteiger charge is 2.27. The van der Waals surface area contributed by atoms with Crippen molar-refractivity contribution in [2.24, 2.45) is 0 Å². The Kier molecular flexibility index (Phi) is 4.89. The molecular formula is C24H19N3OS2. The van der Waals surface area contributed by atoms with E-state index in [0.29, 0.717) is 5.56 Å². The van der Waals surface area contributed by atoms with E-state index in [-0.39, 0.29) is 5.78 Å². The summed E-state index contributed by atoms with van der Waals surface area (Å²) in [6.07, 6.45) is 3.41. The lowest BCUT2D eigenvalue weighted by Crippen LogP contribution is -2.10. The molecule has 0 radical (unpaired) electrons. The molecule has 148 valence electrons. The van der Waals surface area contributed by atoms with E-state index in [1.165, 1.54) is 22.2 Å². The van der Waals surface area contributed by atoms with E-state index in [1.807, 2.05) is 60.8 Å². The number of para-hydroxylation sites is 1. The Morgan fingerprint density at radius 1 is 1.03 bits per heavy atom. The molecule has 30 heavy (non-hydrogen) atoms. The standard InChI is InChI=1S/C24H19N3OS2/c1-14-15(2)29-23-20(14)24(27-13-26-23)30-22(16-8-4-3-5-9-16)21(28)18-12-25-19-11-7-6-10-17(18)19/h3-13,22,25H,1-2H3. The van der Waals surface area contributed by atoms with Gasteiger partial charge in [-0.3, -0.25) is 4.79 Å². The number of ketones is 1. The zero-order chi connectivity index (χ0) is 20.7. The summed E-state index contributed by atoms with van der Waals surface area (Å²) < 4.78 is 0. The average Bonchev–Trinajstić information content (AvgIpc) is 3.33. The van der Waals surface area contributed by atoms with Crippen LogP contribution in [0.1, 0.15) is 31.6 Å². The lowest BCUT2D eigenvalue weighted by Gasteiger charge is -2.16. The maximum Gasteiger partial charge on any atom is 0.182 e. The zero-order valence-electron chi connectivity index (χ0n) is 16.5. The van der Waals surface area contributed by atoms with E-state index in [2.05, 4.69) is 28.8 Å². The van der Waals surface area contributed by atoms with E-state index in [9.17, 15) is 4.79 Å². The quantitative estimate of drug-likeness (QED) is 0.197. The van der Waals surface area contributed by atoms with Crippen molar-refractivity contribution in [3.63, 3.8) is 0 Å². The van der Waals surface area contributed by atoms with Crippen LogP contribution in [0.2, 0.25) is 0 Å². The Bertz CT molecular complexity index is 1370. The van der Waals surface area contributed by atoms with Gasteiger partial charge in [-0.2, -0.15) is 0 Å². The van der Waals surface area contributed by atoms with Crippen molar-refractivity contribution in [3.05, 3.63) is 88.7 Å². The summed E-state index contributed by atoms with van der Waals surface area (Å²) in [5.74, 6) is 0.0695. The monoisotopic (exact) mass is 429 g/mol. The molecule has 1 atom stereocenters. The minimum atomic E-state index is -0.400. The molecule has 0 spiro atoms. The van der Waals surface area contributed by atoms with Crippen molar-refractivity contribution in [1.82, 2.24) is 15.0 Å². The van der Waals surface area contributed by atoms with Gasteiger partial charge in [0.25, 0.3) is 0 Å². The molecule has 0 aliphatic heterocycles. The molecule has 1 N–H and O–H groups in total. The van der Waals surface area contributed by atoms with Crippen LogP contribution >= 0.6 is 23.1 Å². The molecule has 0 amide bonds. The maximum atomic E-state index is 13.8. The van der Waals surface area contributed by atoms with E-state index in [0.717, 1.165) is 31.7 Å². The maximum absolute atomic E-state index is 13.8. The van der Waals surface area contributed by atoms with Crippen molar-refractivity contribution < 1.29 is 4.79 Å². The number of aromatic amines is 1. The van der Waals surface area contributed by atoms with Gasteiger partial charge in [0.15, 0.2) is 5.78 Å². The summed E-state index contributed by atoms with van der Waals surface area (Å²) in [6.45, 7) is 4.20. The van der Waals surface area contributed by atoms with Gasteiger partial charge in [-0.15, -0.1) is 11.3 Å². The number of nitrogens with one attached hydrogen (secondary N) is 1. The van der Waals surface area contributed by atoms with Gasteiger partial charge < -0.3 is 4.98 Å². The second kappa shape index (κ2) is 7.70. The van der Waals surface area contributed by atoms with Gasteiger partial charge >= 0.3 is 0 Å². The Balaban J connectivity index is 1.63. The third kappa shape index (κ3) is 3.22. The van der Waals surface area contributed by atoms with Gasteiger partial charge in [0.2, 0.25) is 0 Å². The Hall–Kier alpha value is -2.96. The molecule has 1 unspecified atom stereocenters. The van der Waals surface area contributed by atoms with Gasteiger partial charge in [0, 0.05) is 32.9 Å². The van der Waals surface area contributed by atoms with E-state index in [1.54, 1.807) is 17.7 Å². The number of Topliss-reactive ketones (excluding diaryl/α,β-unsaturated/α-hetero) is 1. The minimum absolute atomic E-state index is 0.0695. The number of carbonyl (C=O) groups is 1. The van der Waals surface area contributed by atoms with Gasteiger partial charge in [0.05, 0.1) is 5.25 Å². The second-order valence-electron chi connectivity index (χ2n) is 7.16. The van der Waals surface area contributed by atoms with Crippen molar-refractivity contribution in [3.8, 4) is 0 Å². The van der Waals surface area contributed by atoms with Gasteiger partial charge in [-0.1, -0.05) is 60.3 Å². The number of hydrogen-bond donors (Lipinski definition) is 1. The van der Waals surface area contributed by atoms with E-state index >= 15 is 0 Å².